The van der Waals surface area contributed by atoms with Crippen molar-refractivity contribution >= 4 is 5.97 Å². The molecule has 0 aliphatic carbocycles. The summed E-state index contributed by atoms with van der Waals surface area (Å²) in [6.07, 6.45) is 1.19. The standard InChI is InChI=1S/C11H10N2O3/c1-16-11(15)9-4-2-8(3-5-9)6-10(14)7-13-12/h2-5,7H,6H2,1H3/p+1. The van der Waals surface area contributed by atoms with Crippen LogP contribution < -0.4 is 0 Å². The van der Waals surface area contributed by atoms with E-state index in [0.717, 1.165) is 11.8 Å². The Morgan fingerprint density at radius 2 is 2.12 bits per heavy atom. The third-order valence-electron chi connectivity index (χ3n) is 1.97. The molecule has 1 rings (SSSR count). The Morgan fingerprint density at radius 3 is 2.62 bits per heavy atom. The van der Waals surface area contributed by atoms with Crippen LogP contribution in [0.15, 0.2) is 36.2 Å². The zero-order valence-electron chi connectivity index (χ0n) is 8.75. The molecular formula is C11H11N2O3+. The molecule has 1 aromatic carbocycles. The molecule has 0 spiro atoms. The average Bonchev–Trinajstić information content (AvgIpc) is 2.29. The summed E-state index contributed by atoms with van der Waals surface area (Å²) in [5.41, 5.74) is 1.24. The highest BCUT2D eigenvalue weighted by Crippen LogP contribution is 2.09. The zero-order chi connectivity index (χ0) is 12.0. The van der Waals surface area contributed by atoms with E-state index < -0.39 is 5.97 Å². The number of ether oxygens (including phenoxy) is 1. The zero-order valence-corrected chi connectivity index (χ0v) is 8.75. The second-order valence-electron chi connectivity index (χ2n) is 3.10. The number of carbonyl (C=O) groups excluding carboxylic acids is 1. The van der Waals surface area contributed by atoms with Crippen LogP contribution in [0.4, 0.5) is 0 Å². The molecule has 0 saturated carbocycles. The quantitative estimate of drug-likeness (QED) is 0.480. The van der Waals surface area contributed by atoms with E-state index in [-0.39, 0.29) is 12.2 Å². The Kier molecular flexibility index (Phi) is 4.04. The lowest BCUT2D eigenvalue weighted by atomic mass is 10.1. The third kappa shape index (κ3) is 3.10. The van der Waals surface area contributed by atoms with E-state index >= 15 is 0 Å². The molecule has 0 fully saturated rings. The van der Waals surface area contributed by atoms with Gasteiger partial charge in [0.05, 0.1) is 12.7 Å². The van der Waals surface area contributed by atoms with Crippen molar-refractivity contribution in [3.05, 3.63) is 52.3 Å². The van der Waals surface area contributed by atoms with Crippen LogP contribution in [0.25, 0.3) is 4.98 Å². The van der Waals surface area contributed by atoms with Gasteiger partial charge in [-0.1, -0.05) is 12.1 Å². The molecule has 5 heteroatoms. The van der Waals surface area contributed by atoms with Gasteiger partial charge in [0.15, 0.2) is 10.7 Å². The second kappa shape index (κ2) is 5.51. The molecule has 0 saturated heterocycles. The molecule has 1 N–H and O–H groups in total. The van der Waals surface area contributed by atoms with Gasteiger partial charge in [0.2, 0.25) is 5.39 Å². The van der Waals surface area contributed by atoms with Gasteiger partial charge < -0.3 is 9.84 Å². The lowest BCUT2D eigenvalue weighted by molar-refractivity contribution is 0.0600. The Balaban J connectivity index is 2.77. The van der Waals surface area contributed by atoms with Crippen LogP contribution in [0, 0.1) is 5.39 Å². The van der Waals surface area contributed by atoms with E-state index in [0.29, 0.717) is 5.56 Å². The highest BCUT2D eigenvalue weighted by atomic mass is 16.5. The van der Waals surface area contributed by atoms with Crippen molar-refractivity contribution < 1.29 is 14.6 Å². The normalized spacial score (nSPS) is 10.6. The van der Waals surface area contributed by atoms with Crippen LogP contribution in [0.2, 0.25) is 0 Å². The summed E-state index contributed by atoms with van der Waals surface area (Å²) in [7, 11) is 1.31. The smallest absolute Gasteiger partial charge is 0.387 e. The van der Waals surface area contributed by atoms with Gasteiger partial charge in [-0.2, -0.15) is 0 Å². The maximum atomic E-state index is 11.1. The maximum Gasteiger partial charge on any atom is 0.387 e. The fraction of sp³-hybridized carbons (Fsp3) is 0.182. The van der Waals surface area contributed by atoms with Crippen molar-refractivity contribution in [1.82, 2.24) is 0 Å². The second-order valence-corrected chi connectivity index (χ2v) is 3.10. The lowest BCUT2D eigenvalue weighted by Gasteiger charge is -2.01. The summed E-state index contributed by atoms with van der Waals surface area (Å²) < 4.78 is 4.55. The minimum absolute atomic E-state index is 0.0617. The lowest BCUT2D eigenvalue weighted by Crippen LogP contribution is -2.01. The molecule has 0 aliphatic rings. The van der Waals surface area contributed by atoms with Gasteiger partial charge >= 0.3 is 12.2 Å². The van der Waals surface area contributed by atoms with Crippen LogP contribution in [0.3, 0.4) is 0 Å². The van der Waals surface area contributed by atoms with Gasteiger partial charge in [-0.15, -0.1) is 0 Å². The predicted octanol–water partition coefficient (Wildman–Crippen LogP) is 2.27. The molecule has 0 atom stereocenters. The van der Waals surface area contributed by atoms with Gasteiger partial charge in [0.25, 0.3) is 0 Å². The van der Waals surface area contributed by atoms with Crippen molar-refractivity contribution in [1.29, 1.82) is 5.39 Å². The van der Waals surface area contributed by atoms with Crippen LogP contribution in [-0.2, 0) is 11.2 Å². The molecule has 16 heavy (non-hydrogen) atoms. The van der Waals surface area contributed by atoms with Crippen molar-refractivity contribution in [2.45, 2.75) is 6.42 Å². The third-order valence-corrected chi connectivity index (χ3v) is 1.97. The van der Waals surface area contributed by atoms with Crippen LogP contribution >= 0.6 is 0 Å². The number of hydrogen-bond donors (Lipinski definition) is 1. The summed E-state index contributed by atoms with van der Waals surface area (Å²) in [6.45, 7) is 0. The van der Waals surface area contributed by atoms with Crippen molar-refractivity contribution in [2.24, 2.45) is 0 Å². The van der Waals surface area contributed by atoms with E-state index in [1.165, 1.54) is 7.11 Å². The van der Waals surface area contributed by atoms with Crippen LogP contribution in [0.1, 0.15) is 15.9 Å². The van der Waals surface area contributed by atoms with Crippen molar-refractivity contribution in [3.63, 3.8) is 0 Å². The monoisotopic (exact) mass is 219 g/mol. The van der Waals surface area contributed by atoms with E-state index in [1.807, 2.05) is 0 Å². The molecule has 0 aliphatic heterocycles. The molecule has 0 unspecified atom stereocenters. The molecule has 5 nitrogen and oxygen atoms in total. The largest absolute Gasteiger partial charge is 0.505 e. The molecule has 0 radical (unpaired) electrons. The average molecular weight is 219 g/mol. The summed E-state index contributed by atoms with van der Waals surface area (Å²) >= 11 is 0. The number of carbonyl (C=O) groups is 1. The maximum absolute atomic E-state index is 11.1. The van der Waals surface area contributed by atoms with Gasteiger partial charge in [-0.3, -0.25) is 0 Å². The first kappa shape index (κ1) is 11.7. The summed E-state index contributed by atoms with van der Waals surface area (Å²) in [4.78, 5) is 13.8. The number of diazo groups is 1. The fourth-order valence-corrected chi connectivity index (χ4v) is 1.20. The number of esters is 1. The van der Waals surface area contributed by atoms with Gasteiger partial charge in [-0.05, 0) is 17.7 Å². The van der Waals surface area contributed by atoms with Gasteiger partial charge in [0, 0.05) is 6.42 Å². The fourth-order valence-electron chi connectivity index (χ4n) is 1.20. The number of benzene rings is 1. The van der Waals surface area contributed by atoms with E-state index in [9.17, 15) is 9.90 Å². The molecule has 0 bridgehead atoms. The summed E-state index contributed by atoms with van der Waals surface area (Å²) in [5.74, 6) is -0.468. The Morgan fingerprint density at radius 1 is 1.50 bits per heavy atom. The topological polar surface area (TPSA) is 74.7 Å². The number of aliphatic hydroxyl groups excluding tert-OH is 1. The van der Waals surface area contributed by atoms with E-state index in [4.69, 9.17) is 5.39 Å². The number of allylic oxidation sites excluding steroid dienone is 1. The molecule has 0 heterocycles. The first-order valence-electron chi connectivity index (χ1n) is 4.57. The van der Waals surface area contributed by atoms with Crippen LogP contribution in [-0.4, -0.2) is 18.2 Å². The molecule has 82 valence electrons. The Hall–Kier alpha value is -2.35. The first-order chi connectivity index (χ1) is 7.67. The first-order valence-corrected chi connectivity index (χ1v) is 4.57. The molecule has 0 amide bonds. The number of nitrogens with zero attached hydrogens (tertiary/aromatic N) is 2. The molecular weight excluding hydrogens is 208 g/mol. The Labute approximate surface area is 92.6 Å². The minimum Gasteiger partial charge on any atom is -0.505 e. The van der Waals surface area contributed by atoms with Gasteiger partial charge in [-0.25, -0.2) is 4.79 Å². The summed E-state index contributed by atoms with van der Waals surface area (Å²) in [5, 5.41) is 17.4. The van der Waals surface area contributed by atoms with Crippen molar-refractivity contribution in [3.8, 4) is 0 Å². The Bertz CT molecular complexity index is 443. The number of hydrogen-bond acceptors (Lipinski definition) is 4. The number of aliphatic hydroxyl groups is 1. The highest BCUT2D eigenvalue weighted by molar-refractivity contribution is 5.89. The van der Waals surface area contributed by atoms with Gasteiger partial charge in [0.1, 0.15) is 0 Å². The molecule has 1 aromatic rings. The van der Waals surface area contributed by atoms with Crippen LogP contribution in [0.5, 0.6) is 0 Å². The van der Waals surface area contributed by atoms with E-state index in [1.54, 1.807) is 24.3 Å². The number of methoxy groups -OCH3 is 1. The summed E-state index contributed by atoms with van der Waals surface area (Å²) in [6, 6.07) is 6.58. The minimum atomic E-state index is -0.406. The molecule has 0 aromatic heterocycles. The highest BCUT2D eigenvalue weighted by Gasteiger charge is 2.06. The SMILES string of the molecule is COC(=O)c1ccc(CC(O)=C[N+]#N)cc1. The van der Waals surface area contributed by atoms with Crippen molar-refractivity contribution in [2.75, 3.05) is 7.11 Å². The van der Waals surface area contributed by atoms with E-state index in [2.05, 4.69) is 9.71 Å². The number of rotatable bonds is 3. The predicted molar refractivity (Wildman–Crippen MR) is 57.3 cm³/mol.